The van der Waals surface area contributed by atoms with Gasteiger partial charge in [0.15, 0.2) is 0 Å². The number of benzene rings is 2. The summed E-state index contributed by atoms with van der Waals surface area (Å²) in [6.07, 6.45) is 0. The lowest BCUT2D eigenvalue weighted by atomic mass is 10.1. The molecule has 0 saturated heterocycles. The highest BCUT2D eigenvalue weighted by molar-refractivity contribution is 6.30. The average molecular weight is 288 g/mol. The Balaban J connectivity index is 2.45. The first-order valence-electron chi connectivity index (χ1n) is 5.73. The molecule has 5 nitrogen and oxygen atoms in total. The van der Waals surface area contributed by atoms with Crippen molar-refractivity contribution in [2.75, 3.05) is 5.32 Å². The Hall–Kier alpha value is -2.58. The molecule has 0 unspecified atom stereocenters. The first-order chi connectivity index (χ1) is 9.51. The number of aryl methyl sites for hydroxylation is 1. The van der Waals surface area contributed by atoms with E-state index in [0.29, 0.717) is 16.9 Å². The zero-order chi connectivity index (χ0) is 14.7. The van der Waals surface area contributed by atoms with Gasteiger partial charge in [0.25, 0.3) is 5.69 Å². The lowest BCUT2D eigenvalue weighted by Gasteiger charge is -2.09. The predicted molar refractivity (Wildman–Crippen MR) is 77.3 cm³/mol. The molecule has 0 amide bonds. The van der Waals surface area contributed by atoms with Crippen LogP contribution in [-0.2, 0) is 0 Å². The fourth-order valence-electron chi connectivity index (χ4n) is 1.77. The Morgan fingerprint density at radius 3 is 2.60 bits per heavy atom. The topological polar surface area (TPSA) is 79.0 Å². The third kappa shape index (κ3) is 2.87. The predicted octanol–water partition coefficient (Wildman–Crippen LogP) is 4.17. The summed E-state index contributed by atoms with van der Waals surface area (Å²) in [5, 5.41) is 23.3. The lowest BCUT2D eigenvalue weighted by Crippen LogP contribution is -1.99. The van der Waals surface area contributed by atoms with Crippen LogP contribution in [0.3, 0.4) is 0 Å². The van der Waals surface area contributed by atoms with E-state index in [4.69, 9.17) is 16.9 Å². The van der Waals surface area contributed by atoms with Gasteiger partial charge in [-0.05, 0) is 36.8 Å². The molecule has 0 aliphatic carbocycles. The van der Waals surface area contributed by atoms with Crippen molar-refractivity contribution in [2.24, 2.45) is 0 Å². The van der Waals surface area contributed by atoms with Gasteiger partial charge >= 0.3 is 0 Å². The number of nitrogens with zero attached hydrogens (tertiary/aromatic N) is 2. The first-order valence-corrected chi connectivity index (χ1v) is 6.11. The Labute approximate surface area is 120 Å². The van der Waals surface area contributed by atoms with Gasteiger partial charge in [0, 0.05) is 11.1 Å². The van der Waals surface area contributed by atoms with Crippen molar-refractivity contribution in [3.63, 3.8) is 0 Å². The summed E-state index contributed by atoms with van der Waals surface area (Å²) in [6.45, 7) is 1.87. The van der Waals surface area contributed by atoms with Crippen LogP contribution in [0.4, 0.5) is 17.1 Å². The minimum atomic E-state index is -0.519. The van der Waals surface area contributed by atoms with Crippen molar-refractivity contribution >= 4 is 28.7 Å². The van der Waals surface area contributed by atoms with E-state index in [2.05, 4.69) is 11.4 Å². The highest BCUT2D eigenvalue weighted by Crippen LogP contribution is 2.31. The molecular weight excluding hydrogens is 278 g/mol. The smallest absolute Gasteiger partial charge is 0.294 e. The van der Waals surface area contributed by atoms with Crippen molar-refractivity contribution in [1.82, 2.24) is 0 Å². The maximum absolute atomic E-state index is 11.0. The second-order valence-electron chi connectivity index (χ2n) is 4.20. The third-order valence-electron chi connectivity index (χ3n) is 2.72. The minimum Gasteiger partial charge on any atom is -0.349 e. The van der Waals surface area contributed by atoms with Crippen LogP contribution in [0.1, 0.15) is 11.1 Å². The number of anilines is 2. The third-order valence-corrected chi connectivity index (χ3v) is 2.96. The molecule has 0 aliphatic heterocycles. The van der Waals surface area contributed by atoms with E-state index in [9.17, 15) is 10.1 Å². The molecule has 0 bridgehead atoms. The number of nitro benzene ring substituents is 1. The van der Waals surface area contributed by atoms with E-state index in [-0.39, 0.29) is 10.7 Å². The molecule has 100 valence electrons. The van der Waals surface area contributed by atoms with Crippen molar-refractivity contribution in [3.8, 4) is 6.07 Å². The molecule has 0 aromatic heterocycles. The summed E-state index contributed by atoms with van der Waals surface area (Å²) < 4.78 is 0. The van der Waals surface area contributed by atoms with Crippen molar-refractivity contribution < 1.29 is 4.92 Å². The summed E-state index contributed by atoms with van der Waals surface area (Å²) in [6, 6.07) is 11.6. The summed E-state index contributed by atoms with van der Waals surface area (Å²) in [4.78, 5) is 10.5. The molecule has 0 atom stereocenters. The largest absolute Gasteiger partial charge is 0.349 e. The zero-order valence-corrected chi connectivity index (χ0v) is 11.3. The van der Waals surface area contributed by atoms with Crippen molar-refractivity contribution in [1.29, 1.82) is 5.26 Å². The second-order valence-corrected chi connectivity index (χ2v) is 4.64. The molecule has 0 spiro atoms. The maximum atomic E-state index is 11.0. The summed E-state index contributed by atoms with van der Waals surface area (Å²) in [7, 11) is 0. The van der Waals surface area contributed by atoms with Crippen LogP contribution in [0.2, 0.25) is 5.02 Å². The van der Waals surface area contributed by atoms with Crippen molar-refractivity contribution in [3.05, 3.63) is 62.7 Å². The Morgan fingerprint density at radius 1 is 1.25 bits per heavy atom. The van der Waals surface area contributed by atoms with Gasteiger partial charge in [-0.15, -0.1) is 0 Å². The molecule has 1 N–H and O–H groups in total. The molecule has 2 aromatic carbocycles. The molecule has 20 heavy (non-hydrogen) atoms. The lowest BCUT2D eigenvalue weighted by molar-refractivity contribution is -0.383. The average Bonchev–Trinajstić information content (AvgIpc) is 2.42. The van der Waals surface area contributed by atoms with Gasteiger partial charge in [-0.1, -0.05) is 17.7 Å². The SMILES string of the molecule is Cc1ccc(Nc2ccc(Cl)cc2[N+](=O)[O-])c(C#N)c1. The quantitative estimate of drug-likeness (QED) is 0.678. The molecule has 0 aliphatic rings. The van der Waals surface area contributed by atoms with Gasteiger partial charge in [-0.3, -0.25) is 10.1 Å². The van der Waals surface area contributed by atoms with E-state index < -0.39 is 4.92 Å². The number of hydrogen-bond acceptors (Lipinski definition) is 4. The zero-order valence-electron chi connectivity index (χ0n) is 10.6. The van der Waals surface area contributed by atoms with Crippen LogP contribution in [0.5, 0.6) is 0 Å². The van der Waals surface area contributed by atoms with E-state index >= 15 is 0 Å². The summed E-state index contributed by atoms with van der Waals surface area (Å²) in [5.41, 5.74) is 2.04. The van der Waals surface area contributed by atoms with Crippen LogP contribution in [0.15, 0.2) is 36.4 Å². The monoisotopic (exact) mass is 287 g/mol. The normalized spacial score (nSPS) is 9.85. The van der Waals surface area contributed by atoms with Gasteiger partial charge in [0.1, 0.15) is 11.8 Å². The first kappa shape index (κ1) is 13.8. The molecule has 2 rings (SSSR count). The fraction of sp³-hybridized carbons (Fsp3) is 0.0714. The molecule has 0 heterocycles. The molecular formula is C14H10ClN3O2. The fourth-order valence-corrected chi connectivity index (χ4v) is 1.93. The van der Waals surface area contributed by atoms with E-state index in [0.717, 1.165) is 5.56 Å². The van der Waals surface area contributed by atoms with Crippen LogP contribution in [0.25, 0.3) is 0 Å². The molecule has 0 fully saturated rings. The summed E-state index contributed by atoms with van der Waals surface area (Å²) in [5.74, 6) is 0. The molecule has 0 saturated carbocycles. The van der Waals surface area contributed by atoms with Gasteiger partial charge in [0.05, 0.1) is 16.2 Å². The number of nitriles is 1. The number of nitro groups is 1. The van der Waals surface area contributed by atoms with Crippen molar-refractivity contribution in [2.45, 2.75) is 6.92 Å². The van der Waals surface area contributed by atoms with Gasteiger partial charge in [0.2, 0.25) is 0 Å². The van der Waals surface area contributed by atoms with E-state index in [1.807, 2.05) is 13.0 Å². The number of rotatable bonds is 3. The molecule has 2 aromatic rings. The van der Waals surface area contributed by atoms with Crippen LogP contribution < -0.4 is 5.32 Å². The van der Waals surface area contributed by atoms with Crippen LogP contribution in [-0.4, -0.2) is 4.92 Å². The highest BCUT2D eigenvalue weighted by atomic mass is 35.5. The number of halogens is 1. The van der Waals surface area contributed by atoms with E-state index in [1.54, 1.807) is 18.2 Å². The number of hydrogen-bond donors (Lipinski definition) is 1. The Morgan fingerprint density at radius 2 is 1.95 bits per heavy atom. The van der Waals surface area contributed by atoms with Gasteiger partial charge in [-0.25, -0.2) is 0 Å². The minimum absolute atomic E-state index is 0.137. The highest BCUT2D eigenvalue weighted by Gasteiger charge is 2.15. The van der Waals surface area contributed by atoms with Gasteiger partial charge in [-0.2, -0.15) is 5.26 Å². The van der Waals surface area contributed by atoms with Crippen LogP contribution in [0, 0.1) is 28.4 Å². The molecule has 0 radical (unpaired) electrons. The number of nitrogens with one attached hydrogen (secondary N) is 1. The van der Waals surface area contributed by atoms with Gasteiger partial charge < -0.3 is 5.32 Å². The maximum Gasteiger partial charge on any atom is 0.294 e. The molecule has 6 heteroatoms. The van der Waals surface area contributed by atoms with Crippen LogP contribution >= 0.6 is 11.6 Å². The Kier molecular flexibility index (Phi) is 3.87. The summed E-state index contributed by atoms with van der Waals surface area (Å²) >= 11 is 5.76. The van der Waals surface area contributed by atoms with E-state index in [1.165, 1.54) is 12.1 Å². The standard InChI is InChI=1S/C14H10ClN3O2/c1-9-2-4-12(10(6-9)8-16)17-13-5-3-11(15)7-14(13)18(19)20/h2-7,17H,1H3. The second kappa shape index (κ2) is 5.59. The Bertz CT molecular complexity index is 723.